The van der Waals surface area contributed by atoms with Crippen molar-refractivity contribution < 1.29 is 4.79 Å². The second kappa shape index (κ2) is 6.85. The highest BCUT2D eigenvalue weighted by Gasteiger charge is 2.07. The summed E-state index contributed by atoms with van der Waals surface area (Å²) in [6, 6.07) is 5.54. The van der Waals surface area contributed by atoms with Gasteiger partial charge in [0.15, 0.2) is 0 Å². The van der Waals surface area contributed by atoms with E-state index < -0.39 is 0 Å². The van der Waals surface area contributed by atoms with Gasteiger partial charge in [-0.05, 0) is 24.6 Å². The van der Waals surface area contributed by atoms with Crippen LogP contribution in [0.25, 0.3) is 0 Å². The van der Waals surface area contributed by atoms with Gasteiger partial charge < -0.3 is 10.6 Å². The van der Waals surface area contributed by atoms with E-state index in [9.17, 15) is 4.79 Å². The number of hydrogen-bond acceptors (Lipinski definition) is 4. The van der Waals surface area contributed by atoms with E-state index in [2.05, 4.69) is 27.2 Å². The first-order valence-electron chi connectivity index (χ1n) is 6.35. The van der Waals surface area contributed by atoms with Crippen LogP contribution in [0.15, 0.2) is 43.2 Å². The summed E-state index contributed by atoms with van der Waals surface area (Å²) in [4.78, 5) is 19.9. The van der Waals surface area contributed by atoms with Crippen molar-refractivity contribution in [3.05, 3.63) is 59.4 Å². The number of carbonyl (C=O) groups excluding carboxylic acids is 1. The predicted octanol–water partition coefficient (Wildman–Crippen LogP) is 3.10. The molecule has 5 nitrogen and oxygen atoms in total. The molecule has 1 aromatic carbocycles. The first kappa shape index (κ1) is 15.0. The molecule has 2 N–H and O–H groups in total. The van der Waals surface area contributed by atoms with Gasteiger partial charge in [0, 0.05) is 29.6 Å². The highest BCUT2D eigenvalue weighted by atomic mass is 35.5. The zero-order chi connectivity index (χ0) is 15.2. The lowest BCUT2D eigenvalue weighted by Crippen LogP contribution is -2.23. The Morgan fingerprint density at radius 2 is 2.10 bits per heavy atom. The largest absolute Gasteiger partial charge is 0.348 e. The van der Waals surface area contributed by atoms with Crippen LogP contribution in [0.4, 0.5) is 11.6 Å². The molecule has 0 spiro atoms. The normalized spacial score (nSPS) is 10.0. The molecule has 1 aromatic heterocycles. The van der Waals surface area contributed by atoms with Gasteiger partial charge in [0.05, 0.1) is 5.56 Å². The Hall–Kier alpha value is -2.40. The second-order valence-electron chi connectivity index (χ2n) is 4.33. The van der Waals surface area contributed by atoms with Crippen LogP contribution in [0.5, 0.6) is 0 Å². The molecular formula is C15H15ClN4O. The van der Waals surface area contributed by atoms with Gasteiger partial charge in [0.25, 0.3) is 5.91 Å². The Bertz CT molecular complexity index is 655. The SMILES string of the molecule is C=CCNC(=O)c1cnc(Nc2cccc(Cl)c2C)nc1. The molecule has 0 aliphatic heterocycles. The summed E-state index contributed by atoms with van der Waals surface area (Å²) in [7, 11) is 0. The standard InChI is InChI=1S/C15H15ClN4O/c1-3-7-17-14(21)11-8-18-15(19-9-11)20-13-6-4-5-12(16)10(13)2/h3-6,8-9H,1,7H2,2H3,(H,17,21)(H,18,19,20). The zero-order valence-electron chi connectivity index (χ0n) is 11.6. The van der Waals surface area contributed by atoms with E-state index in [1.807, 2.05) is 25.1 Å². The van der Waals surface area contributed by atoms with Crippen molar-refractivity contribution in [2.45, 2.75) is 6.92 Å². The number of benzene rings is 1. The first-order valence-corrected chi connectivity index (χ1v) is 6.73. The summed E-state index contributed by atoms with van der Waals surface area (Å²) in [5, 5.41) is 6.39. The van der Waals surface area contributed by atoms with E-state index in [0.29, 0.717) is 23.1 Å². The number of aromatic nitrogens is 2. The van der Waals surface area contributed by atoms with Crippen molar-refractivity contribution in [3.63, 3.8) is 0 Å². The Labute approximate surface area is 128 Å². The maximum absolute atomic E-state index is 11.7. The van der Waals surface area contributed by atoms with E-state index in [1.54, 1.807) is 6.08 Å². The van der Waals surface area contributed by atoms with Gasteiger partial charge in [-0.1, -0.05) is 23.7 Å². The molecular weight excluding hydrogens is 288 g/mol. The van der Waals surface area contributed by atoms with Crippen molar-refractivity contribution >= 4 is 29.1 Å². The Balaban J connectivity index is 2.10. The van der Waals surface area contributed by atoms with Crippen LogP contribution in [-0.4, -0.2) is 22.4 Å². The summed E-state index contributed by atoms with van der Waals surface area (Å²) >= 11 is 6.05. The molecule has 2 aromatic rings. The first-order chi connectivity index (χ1) is 10.1. The van der Waals surface area contributed by atoms with Gasteiger partial charge in [-0.3, -0.25) is 4.79 Å². The molecule has 6 heteroatoms. The zero-order valence-corrected chi connectivity index (χ0v) is 12.3. The van der Waals surface area contributed by atoms with Gasteiger partial charge in [0.1, 0.15) is 0 Å². The molecule has 0 fully saturated rings. The van der Waals surface area contributed by atoms with Crippen LogP contribution in [0.2, 0.25) is 5.02 Å². The van der Waals surface area contributed by atoms with Crippen molar-refractivity contribution in [2.75, 3.05) is 11.9 Å². The van der Waals surface area contributed by atoms with Crippen LogP contribution in [-0.2, 0) is 0 Å². The maximum Gasteiger partial charge on any atom is 0.254 e. The molecule has 0 aliphatic carbocycles. The molecule has 0 atom stereocenters. The third-order valence-corrected chi connectivity index (χ3v) is 3.24. The van der Waals surface area contributed by atoms with Crippen molar-refractivity contribution in [3.8, 4) is 0 Å². The third-order valence-electron chi connectivity index (χ3n) is 2.84. The molecule has 0 aliphatic rings. The Morgan fingerprint density at radius 3 is 2.76 bits per heavy atom. The van der Waals surface area contributed by atoms with Gasteiger partial charge in [-0.25, -0.2) is 9.97 Å². The average molecular weight is 303 g/mol. The van der Waals surface area contributed by atoms with E-state index in [-0.39, 0.29) is 5.91 Å². The molecule has 2 rings (SSSR count). The van der Waals surface area contributed by atoms with E-state index in [1.165, 1.54) is 12.4 Å². The smallest absolute Gasteiger partial charge is 0.254 e. The second-order valence-corrected chi connectivity index (χ2v) is 4.74. The number of nitrogens with zero attached hydrogens (tertiary/aromatic N) is 2. The lowest BCUT2D eigenvalue weighted by Gasteiger charge is -2.09. The molecule has 0 unspecified atom stereocenters. The van der Waals surface area contributed by atoms with E-state index >= 15 is 0 Å². The summed E-state index contributed by atoms with van der Waals surface area (Å²) in [6.07, 6.45) is 4.54. The lowest BCUT2D eigenvalue weighted by molar-refractivity contribution is 0.0957. The minimum absolute atomic E-state index is 0.236. The van der Waals surface area contributed by atoms with Crippen LogP contribution in [0.3, 0.4) is 0 Å². The summed E-state index contributed by atoms with van der Waals surface area (Å²) in [6.45, 7) is 5.84. The topological polar surface area (TPSA) is 66.9 Å². The van der Waals surface area contributed by atoms with Crippen molar-refractivity contribution in [1.82, 2.24) is 15.3 Å². The third kappa shape index (κ3) is 3.79. The predicted molar refractivity (Wildman–Crippen MR) is 84.0 cm³/mol. The van der Waals surface area contributed by atoms with Gasteiger partial charge >= 0.3 is 0 Å². The number of halogens is 1. The Kier molecular flexibility index (Phi) is 4.90. The van der Waals surface area contributed by atoms with Gasteiger partial charge in [0.2, 0.25) is 5.95 Å². The fraction of sp³-hybridized carbons (Fsp3) is 0.133. The minimum Gasteiger partial charge on any atom is -0.348 e. The summed E-state index contributed by atoms with van der Waals surface area (Å²) < 4.78 is 0. The van der Waals surface area contributed by atoms with Gasteiger partial charge in [-0.15, -0.1) is 6.58 Å². The number of amides is 1. The molecule has 1 amide bonds. The molecule has 0 saturated carbocycles. The van der Waals surface area contributed by atoms with Crippen LogP contribution in [0, 0.1) is 6.92 Å². The van der Waals surface area contributed by atoms with Crippen molar-refractivity contribution in [1.29, 1.82) is 0 Å². The maximum atomic E-state index is 11.7. The molecule has 21 heavy (non-hydrogen) atoms. The van der Waals surface area contributed by atoms with Crippen LogP contribution in [0.1, 0.15) is 15.9 Å². The quantitative estimate of drug-likeness (QED) is 0.833. The van der Waals surface area contributed by atoms with Crippen LogP contribution < -0.4 is 10.6 Å². The average Bonchev–Trinajstić information content (AvgIpc) is 2.50. The molecule has 0 saturated heterocycles. The summed E-state index contributed by atoms with van der Waals surface area (Å²) in [5.41, 5.74) is 2.13. The van der Waals surface area contributed by atoms with E-state index in [4.69, 9.17) is 11.6 Å². The number of anilines is 2. The molecule has 0 radical (unpaired) electrons. The number of hydrogen-bond donors (Lipinski definition) is 2. The summed E-state index contributed by atoms with van der Waals surface area (Å²) in [5.74, 6) is 0.168. The molecule has 0 bridgehead atoms. The fourth-order valence-electron chi connectivity index (χ4n) is 1.64. The molecule has 1 heterocycles. The van der Waals surface area contributed by atoms with Crippen molar-refractivity contribution in [2.24, 2.45) is 0 Å². The highest BCUT2D eigenvalue weighted by Crippen LogP contribution is 2.24. The Morgan fingerprint density at radius 1 is 1.38 bits per heavy atom. The van der Waals surface area contributed by atoms with Crippen LogP contribution >= 0.6 is 11.6 Å². The molecule has 108 valence electrons. The number of carbonyl (C=O) groups is 1. The fourth-order valence-corrected chi connectivity index (χ4v) is 1.81. The van der Waals surface area contributed by atoms with E-state index in [0.717, 1.165) is 11.3 Å². The van der Waals surface area contributed by atoms with Gasteiger partial charge in [-0.2, -0.15) is 0 Å². The number of nitrogens with one attached hydrogen (secondary N) is 2. The lowest BCUT2D eigenvalue weighted by atomic mass is 10.2. The minimum atomic E-state index is -0.236. The monoisotopic (exact) mass is 302 g/mol. The number of rotatable bonds is 5. The highest BCUT2D eigenvalue weighted by molar-refractivity contribution is 6.31.